The normalized spacial score (nSPS) is 12.5. The standard InChI is InChI=1S/C21H17ClO2S/c1-2-20(17-12-14-18(22)15-13-17)25(23,24)21-11-7-6-10-19(21)16-8-4-3-5-9-16/h2-15,20H,1H2. The van der Waals surface area contributed by atoms with Crippen LogP contribution in [0.4, 0.5) is 0 Å². The molecule has 0 aliphatic rings. The molecule has 0 bridgehead atoms. The van der Waals surface area contributed by atoms with Crippen molar-refractivity contribution in [3.63, 3.8) is 0 Å². The summed E-state index contributed by atoms with van der Waals surface area (Å²) in [5.74, 6) is 0. The van der Waals surface area contributed by atoms with Crippen LogP contribution in [0.2, 0.25) is 5.02 Å². The molecule has 0 aliphatic heterocycles. The smallest absolute Gasteiger partial charge is 0.189 e. The number of hydrogen-bond donors (Lipinski definition) is 0. The number of hydrogen-bond acceptors (Lipinski definition) is 2. The molecule has 1 unspecified atom stereocenters. The van der Waals surface area contributed by atoms with Crippen LogP contribution in [0.1, 0.15) is 10.8 Å². The molecule has 0 heterocycles. The lowest BCUT2D eigenvalue weighted by Crippen LogP contribution is -2.12. The van der Waals surface area contributed by atoms with E-state index in [1.807, 2.05) is 42.5 Å². The summed E-state index contributed by atoms with van der Waals surface area (Å²) < 4.78 is 26.7. The second-order valence-electron chi connectivity index (χ2n) is 5.62. The highest BCUT2D eigenvalue weighted by Gasteiger charge is 2.28. The van der Waals surface area contributed by atoms with Gasteiger partial charge in [-0.3, -0.25) is 0 Å². The van der Waals surface area contributed by atoms with Gasteiger partial charge in [0.15, 0.2) is 9.84 Å². The van der Waals surface area contributed by atoms with Gasteiger partial charge < -0.3 is 0 Å². The highest BCUT2D eigenvalue weighted by Crippen LogP contribution is 2.36. The van der Waals surface area contributed by atoms with Gasteiger partial charge in [-0.1, -0.05) is 78.3 Å². The summed E-state index contributed by atoms with van der Waals surface area (Å²) in [7, 11) is -3.66. The van der Waals surface area contributed by atoms with Gasteiger partial charge in [0.2, 0.25) is 0 Å². The van der Waals surface area contributed by atoms with Crippen LogP contribution >= 0.6 is 11.6 Å². The minimum absolute atomic E-state index is 0.293. The molecule has 0 saturated carbocycles. The molecule has 126 valence electrons. The summed E-state index contributed by atoms with van der Waals surface area (Å²) in [6.45, 7) is 3.74. The lowest BCUT2D eigenvalue weighted by molar-refractivity contribution is 0.590. The Bertz CT molecular complexity index is 978. The van der Waals surface area contributed by atoms with Crippen LogP contribution < -0.4 is 0 Å². The van der Waals surface area contributed by atoms with Gasteiger partial charge in [-0.15, -0.1) is 6.58 Å². The third kappa shape index (κ3) is 3.53. The molecule has 0 radical (unpaired) electrons. The third-order valence-corrected chi connectivity index (χ3v) is 6.38. The summed E-state index contributed by atoms with van der Waals surface area (Å²) in [6, 6.07) is 23.3. The molecule has 3 rings (SSSR count). The van der Waals surface area contributed by atoms with Gasteiger partial charge >= 0.3 is 0 Å². The van der Waals surface area contributed by atoms with E-state index in [9.17, 15) is 8.42 Å². The van der Waals surface area contributed by atoms with Crippen LogP contribution in [-0.4, -0.2) is 8.42 Å². The van der Waals surface area contributed by atoms with Gasteiger partial charge in [-0.2, -0.15) is 0 Å². The molecule has 0 saturated heterocycles. The molecule has 3 aromatic carbocycles. The van der Waals surface area contributed by atoms with Crippen LogP contribution in [0, 0.1) is 0 Å². The zero-order valence-electron chi connectivity index (χ0n) is 13.5. The van der Waals surface area contributed by atoms with Crippen LogP contribution in [0.15, 0.2) is 96.4 Å². The van der Waals surface area contributed by atoms with Crippen molar-refractivity contribution in [2.75, 3.05) is 0 Å². The van der Waals surface area contributed by atoms with Crippen molar-refractivity contribution in [2.45, 2.75) is 10.1 Å². The molecule has 0 aliphatic carbocycles. The summed E-state index contributed by atoms with van der Waals surface area (Å²) in [5.41, 5.74) is 2.19. The Kier molecular flexibility index (Phi) is 5.07. The number of benzene rings is 3. The van der Waals surface area contributed by atoms with E-state index in [1.54, 1.807) is 36.4 Å². The first-order valence-electron chi connectivity index (χ1n) is 7.80. The number of halogens is 1. The second kappa shape index (κ2) is 7.26. The van der Waals surface area contributed by atoms with E-state index in [2.05, 4.69) is 6.58 Å². The Morgan fingerprint density at radius 3 is 2.08 bits per heavy atom. The SMILES string of the molecule is C=CC(c1ccc(Cl)cc1)S(=O)(=O)c1ccccc1-c1ccccc1. The highest BCUT2D eigenvalue weighted by atomic mass is 35.5. The van der Waals surface area contributed by atoms with Gasteiger partial charge in [0.05, 0.1) is 4.90 Å². The minimum atomic E-state index is -3.66. The zero-order valence-corrected chi connectivity index (χ0v) is 15.0. The lowest BCUT2D eigenvalue weighted by Gasteiger charge is -2.17. The van der Waals surface area contributed by atoms with E-state index in [-0.39, 0.29) is 0 Å². The van der Waals surface area contributed by atoms with Crippen molar-refractivity contribution < 1.29 is 8.42 Å². The molecule has 3 aromatic rings. The van der Waals surface area contributed by atoms with Gasteiger partial charge in [-0.25, -0.2) is 8.42 Å². The number of rotatable bonds is 5. The van der Waals surface area contributed by atoms with Gasteiger partial charge in [0, 0.05) is 10.6 Å². The van der Waals surface area contributed by atoms with E-state index >= 15 is 0 Å². The Balaban J connectivity index is 2.14. The molecule has 0 N–H and O–H groups in total. The fourth-order valence-electron chi connectivity index (χ4n) is 2.80. The number of sulfone groups is 1. The van der Waals surface area contributed by atoms with Gasteiger partial charge in [0.25, 0.3) is 0 Å². The van der Waals surface area contributed by atoms with Crippen molar-refractivity contribution >= 4 is 21.4 Å². The predicted octanol–water partition coefficient (Wildman–Crippen LogP) is 5.71. The maximum absolute atomic E-state index is 13.3. The van der Waals surface area contributed by atoms with Gasteiger partial charge in [0.1, 0.15) is 5.25 Å². The molecular weight excluding hydrogens is 352 g/mol. The minimum Gasteiger partial charge on any atom is -0.223 e. The Hall–Kier alpha value is -2.36. The Morgan fingerprint density at radius 1 is 0.840 bits per heavy atom. The van der Waals surface area contributed by atoms with E-state index in [0.717, 1.165) is 5.56 Å². The summed E-state index contributed by atoms with van der Waals surface area (Å²) >= 11 is 5.92. The third-order valence-electron chi connectivity index (χ3n) is 4.03. The monoisotopic (exact) mass is 368 g/mol. The van der Waals surface area contributed by atoms with Crippen molar-refractivity contribution in [1.82, 2.24) is 0 Å². The van der Waals surface area contributed by atoms with Crippen LogP contribution in [0.3, 0.4) is 0 Å². The molecular formula is C21H17ClO2S. The molecule has 2 nitrogen and oxygen atoms in total. The first kappa shape index (κ1) is 17.5. The second-order valence-corrected chi connectivity index (χ2v) is 8.09. The fourth-order valence-corrected chi connectivity index (χ4v) is 4.73. The van der Waals surface area contributed by atoms with Gasteiger partial charge in [-0.05, 0) is 29.3 Å². The average molecular weight is 369 g/mol. The molecule has 0 amide bonds. The summed E-state index contributed by atoms with van der Waals surface area (Å²) in [6.07, 6.45) is 1.46. The molecule has 0 spiro atoms. The van der Waals surface area contributed by atoms with Crippen LogP contribution in [-0.2, 0) is 9.84 Å². The first-order chi connectivity index (χ1) is 12.0. The summed E-state index contributed by atoms with van der Waals surface area (Å²) in [5, 5.41) is -0.275. The Labute approximate surface area is 153 Å². The molecule has 25 heavy (non-hydrogen) atoms. The molecule has 1 atom stereocenters. The first-order valence-corrected chi connectivity index (χ1v) is 9.73. The lowest BCUT2D eigenvalue weighted by atomic mass is 10.1. The molecule has 0 fully saturated rings. The fraction of sp³-hybridized carbons (Fsp3) is 0.0476. The maximum Gasteiger partial charge on any atom is 0.189 e. The topological polar surface area (TPSA) is 34.1 Å². The molecule has 4 heteroatoms. The van der Waals surface area contributed by atoms with Crippen molar-refractivity contribution in [2.24, 2.45) is 0 Å². The van der Waals surface area contributed by atoms with Crippen molar-refractivity contribution in [3.05, 3.63) is 102 Å². The Morgan fingerprint density at radius 2 is 1.44 bits per heavy atom. The quantitative estimate of drug-likeness (QED) is 0.540. The van der Waals surface area contributed by atoms with E-state index in [1.165, 1.54) is 6.08 Å². The predicted molar refractivity (Wildman–Crippen MR) is 103 cm³/mol. The highest BCUT2D eigenvalue weighted by molar-refractivity contribution is 7.92. The van der Waals surface area contributed by atoms with Crippen LogP contribution in [0.5, 0.6) is 0 Å². The van der Waals surface area contributed by atoms with Crippen molar-refractivity contribution in [1.29, 1.82) is 0 Å². The van der Waals surface area contributed by atoms with Crippen molar-refractivity contribution in [3.8, 4) is 11.1 Å². The largest absolute Gasteiger partial charge is 0.223 e. The summed E-state index contributed by atoms with van der Waals surface area (Å²) in [4.78, 5) is 0.293. The van der Waals surface area contributed by atoms with E-state index in [0.29, 0.717) is 21.0 Å². The van der Waals surface area contributed by atoms with E-state index < -0.39 is 15.1 Å². The van der Waals surface area contributed by atoms with E-state index in [4.69, 9.17) is 11.6 Å². The van der Waals surface area contributed by atoms with Crippen LogP contribution in [0.25, 0.3) is 11.1 Å². The zero-order chi connectivity index (χ0) is 17.9. The molecule has 0 aromatic heterocycles. The maximum atomic E-state index is 13.3. The average Bonchev–Trinajstić information content (AvgIpc) is 2.64.